The largest absolute Gasteiger partial charge is 0.383 e. The van der Waals surface area contributed by atoms with Crippen LogP contribution in [0.25, 0.3) is 0 Å². The van der Waals surface area contributed by atoms with E-state index in [1.807, 2.05) is 0 Å². The highest BCUT2D eigenvalue weighted by Crippen LogP contribution is 2.21. The number of halogens is 1. The van der Waals surface area contributed by atoms with Crippen molar-refractivity contribution in [2.75, 3.05) is 32.1 Å². The van der Waals surface area contributed by atoms with Gasteiger partial charge in [-0.3, -0.25) is 14.9 Å². The van der Waals surface area contributed by atoms with Gasteiger partial charge in [-0.25, -0.2) is 0 Å². The molecule has 7 nitrogen and oxygen atoms in total. The van der Waals surface area contributed by atoms with Crippen LogP contribution in [0.2, 0.25) is 0 Å². The van der Waals surface area contributed by atoms with Crippen LogP contribution >= 0.6 is 0 Å². The number of anilines is 1. The maximum absolute atomic E-state index is 13.1. The molecule has 0 bridgehead atoms. The number of ether oxygens (including phenoxy) is 1. The third-order valence-corrected chi connectivity index (χ3v) is 2.20. The molecule has 1 rings (SSSR count). The van der Waals surface area contributed by atoms with Crippen molar-refractivity contribution in [2.24, 2.45) is 0 Å². The molecule has 0 fully saturated rings. The van der Waals surface area contributed by atoms with Crippen molar-refractivity contribution in [3.05, 3.63) is 34.1 Å². The monoisotopic (exact) mass is 271 g/mol. The van der Waals surface area contributed by atoms with Crippen molar-refractivity contribution in [3.8, 4) is 0 Å². The molecule has 0 saturated heterocycles. The van der Waals surface area contributed by atoms with E-state index < -0.39 is 16.4 Å². The lowest BCUT2D eigenvalue weighted by atomic mass is 10.2. The van der Waals surface area contributed by atoms with Crippen LogP contribution in [0.1, 0.15) is 0 Å². The minimum absolute atomic E-state index is 0.0362. The van der Waals surface area contributed by atoms with Crippen LogP contribution in [0.5, 0.6) is 0 Å². The van der Waals surface area contributed by atoms with Crippen LogP contribution in [0.3, 0.4) is 0 Å². The van der Waals surface area contributed by atoms with E-state index in [9.17, 15) is 19.3 Å². The maximum atomic E-state index is 13.1. The van der Waals surface area contributed by atoms with Crippen molar-refractivity contribution < 1.29 is 18.8 Å². The van der Waals surface area contributed by atoms with Crippen molar-refractivity contribution in [1.29, 1.82) is 0 Å². The predicted molar refractivity (Wildman–Crippen MR) is 66.4 cm³/mol. The second kappa shape index (κ2) is 7.39. The molecule has 0 atom stereocenters. The zero-order chi connectivity index (χ0) is 14.3. The number of amides is 1. The number of nitrogens with one attached hydrogen (secondary N) is 2. The highest BCUT2D eigenvalue weighted by molar-refractivity contribution is 5.92. The Morgan fingerprint density at radius 3 is 2.89 bits per heavy atom. The number of methoxy groups -OCH3 is 1. The van der Waals surface area contributed by atoms with E-state index in [1.54, 1.807) is 7.11 Å². The first-order valence-corrected chi connectivity index (χ1v) is 5.48. The Labute approximate surface area is 108 Å². The van der Waals surface area contributed by atoms with Crippen LogP contribution in [-0.2, 0) is 9.53 Å². The molecule has 0 aliphatic rings. The molecule has 19 heavy (non-hydrogen) atoms. The second-order valence-electron chi connectivity index (χ2n) is 3.64. The predicted octanol–water partition coefficient (Wildman–Crippen LogP) is 0.908. The van der Waals surface area contributed by atoms with Gasteiger partial charge in [-0.05, 0) is 12.1 Å². The summed E-state index contributed by atoms with van der Waals surface area (Å²) in [6.45, 7) is 1.01. The Morgan fingerprint density at radius 1 is 1.53 bits per heavy atom. The molecule has 1 aromatic carbocycles. The zero-order valence-corrected chi connectivity index (χ0v) is 10.3. The van der Waals surface area contributed by atoms with Crippen molar-refractivity contribution in [3.63, 3.8) is 0 Å². The first-order valence-electron chi connectivity index (χ1n) is 5.48. The Bertz CT molecular complexity index is 467. The van der Waals surface area contributed by atoms with Gasteiger partial charge in [-0.2, -0.15) is 4.39 Å². The van der Waals surface area contributed by atoms with Gasteiger partial charge in [0.15, 0.2) is 0 Å². The van der Waals surface area contributed by atoms with E-state index in [0.29, 0.717) is 13.2 Å². The minimum Gasteiger partial charge on any atom is -0.383 e. The lowest BCUT2D eigenvalue weighted by Gasteiger charge is -2.06. The van der Waals surface area contributed by atoms with Crippen LogP contribution in [0.15, 0.2) is 18.2 Å². The molecule has 0 aliphatic heterocycles. The molecule has 0 heterocycles. The number of nitro groups is 1. The number of carbonyl (C=O) groups is 1. The average Bonchev–Trinajstić information content (AvgIpc) is 2.36. The fourth-order valence-corrected chi connectivity index (χ4v) is 1.31. The summed E-state index contributed by atoms with van der Waals surface area (Å²) in [6.07, 6.45) is 0. The zero-order valence-electron chi connectivity index (χ0n) is 10.3. The normalized spacial score (nSPS) is 10.2. The fourth-order valence-electron chi connectivity index (χ4n) is 1.31. The number of carbonyl (C=O) groups excluding carboxylic acids is 1. The molecule has 0 spiro atoms. The van der Waals surface area contributed by atoms with Gasteiger partial charge >= 0.3 is 5.69 Å². The molecule has 1 amide bonds. The second-order valence-corrected chi connectivity index (χ2v) is 3.64. The molecule has 2 N–H and O–H groups in total. The van der Waals surface area contributed by atoms with Gasteiger partial charge in [0.2, 0.25) is 11.7 Å². The number of benzene rings is 1. The van der Waals surface area contributed by atoms with Crippen molar-refractivity contribution >= 4 is 17.3 Å². The van der Waals surface area contributed by atoms with Gasteiger partial charge in [-0.15, -0.1) is 0 Å². The topological polar surface area (TPSA) is 93.5 Å². The van der Waals surface area contributed by atoms with Gasteiger partial charge in [-0.1, -0.05) is 0 Å². The molecular formula is C11H14FN3O4. The van der Waals surface area contributed by atoms with E-state index in [0.717, 1.165) is 12.1 Å². The summed E-state index contributed by atoms with van der Waals surface area (Å²) >= 11 is 0. The molecule has 104 valence electrons. The van der Waals surface area contributed by atoms with E-state index in [2.05, 4.69) is 10.6 Å². The third-order valence-electron chi connectivity index (χ3n) is 2.20. The quantitative estimate of drug-likeness (QED) is 0.437. The maximum Gasteiger partial charge on any atom is 0.306 e. The molecule has 0 radical (unpaired) electrons. The molecule has 8 heteroatoms. The van der Waals surface area contributed by atoms with Crippen molar-refractivity contribution in [1.82, 2.24) is 5.32 Å². The summed E-state index contributed by atoms with van der Waals surface area (Å²) in [5.41, 5.74) is -0.503. The van der Waals surface area contributed by atoms with E-state index in [-0.39, 0.29) is 18.1 Å². The van der Waals surface area contributed by atoms with Gasteiger partial charge in [0, 0.05) is 25.4 Å². The third kappa shape index (κ3) is 4.98. The molecule has 0 aromatic heterocycles. The lowest BCUT2D eigenvalue weighted by molar-refractivity contribution is -0.387. The highest BCUT2D eigenvalue weighted by Gasteiger charge is 2.15. The summed E-state index contributed by atoms with van der Waals surface area (Å²) in [6, 6.07) is 3.17. The molecule has 0 aliphatic carbocycles. The Hall–Kier alpha value is -2.06. The summed E-state index contributed by atoms with van der Waals surface area (Å²) in [5.74, 6) is -1.32. The van der Waals surface area contributed by atoms with Crippen molar-refractivity contribution in [2.45, 2.75) is 0 Å². The number of nitro benzene ring substituents is 1. The average molecular weight is 271 g/mol. The highest BCUT2D eigenvalue weighted by atomic mass is 19.1. The molecule has 0 saturated carbocycles. The first-order chi connectivity index (χ1) is 9.04. The van der Waals surface area contributed by atoms with E-state index >= 15 is 0 Å². The lowest BCUT2D eigenvalue weighted by Crippen LogP contribution is -2.30. The van der Waals surface area contributed by atoms with Crippen LogP contribution in [0, 0.1) is 15.9 Å². The molecule has 0 unspecified atom stereocenters. The SMILES string of the molecule is COCCNCC(=O)Nc1ccc(F)c([N+](=O)[O-])c1. The minimum atomic E-state index is -0.943. The summed E-state index contributed by atoms with van der Waals surface area (Å²) in [5, 5.41) is 15.8. The van der Waals surface area contributed by atoms with E-state index in [1.165, 1.54) is 6.07 Å². The summed E-state index contributed by atoms with van der Waals surface area (Å²) < 4.78 is 17.9. The van der Waals surface area contributed by atoms with Gasteiger partial charge in [0.05, 0.1) is 18.1 Å². The summed E-state index contributed by atoms with van der Waals surface area (Å²) in [4.78, 5) is 21.1. The fraction of sp³-hybridized carbons (Fsp3) is 0.364. The Kier molecular flexibility index (Phi) is 5.83. The Morgan fingerprint density at radius 2 is 2.26 bits per heavy atom. The first kappa shape index (κ1) is 15.0. The number of nitrogens with zero attached hydrogens (tertiary/aromatic N) is 1. The van der Waals surface area contributed by atoms with E-state index in [4.69, 9.17) is 4.74 Å². The summed E-state index contributed by atoms with van der Waals surface area (Å²) in [7, 11) is 1.54. The van der Waals surface area contributed by atoms with Gasteiger partial charge < -0.3 is 15.4 Å². The van der Waals surface area contributed by atoms with Crippen LogP contribution in [-0.4, -0.2) is 37.6 Å². The van der Waals surface area contributed by atoms with Gasteiger partial charge in [0.25, 0.3) is 0 Å². The smallest absolute Gasteiger partial charge is 0.306 e. The van der Waals surface area contributed by atoms with Crippen LogP contribution < -0.4 is 10.6 Å². The molecular weight excluding hydrogens is 257 g/mol. The van der Waals surface area contributed by atoms with Crippen LogP contribution in [0.4, 0.5) is 15.8 Å². The van der Waals surface area contributed by atoms with Gasteiger partial charge in [0.1, 0.15) is 0 Å². The number of rotatable bonds is 7. The Balaban J connectivity index is 2.55. The standard InChI is InChI=1S/C11H14FN3O4/c1-19-5-4-13-7-11(16)14-8-2-3-9(12)10(6-8)15(17)18/h2-3,6,13H,4-5,7H2,1H3,(H,14,16). The number of hydrogen-bond acceptors (Lipinski definition) is 5. The number of hydrogen-bond donors (Lipinski definition) is 2. The molecule has 1 aromatic rings.